The van der Waals surface area contributed by atoms with Crippen LogP contribution in [0.2, 0.25) is 0 Å². The number of hydrogen-bond acceptors (Lipinski definition) is 12. The second-order valence-electron chi connectivity index (χ2n) is 11.4. The van der Waals surface area contributed by atoms with Crippen LogP contribution in [0, 0.1) is 0 Å². The number of nitrogens with one attached hydrogen (secondary N) is 6. The molecule has 0 aromatic heterocycles. The molecule has 0 spiro atoms. The third kappa shape index (κ3) is 16.2. The van der Waals surface area contributed by atoms with E-state index in [0.29, 0.717) is 5.56 Å². The number of carboxylic acids is 2. The molecule has 52 heavy (non-hydrogen) atoms. The largest absolute Gasteiger partial charge is 0.508 e. The monoisotopic (exact) mass is 754 g/mol. The highest BCUT2D eigenvalue weighted by Crippen LogP contribution is 2.11. The van der Waals surface area contributed by atoms with Crippen molar-refractivity contribution in [3.63, 3.8) is 0 Å². The molecule has 0 unspecified atom stereocenters. The van der Waals surface area contributed by atoms with Gasteiger partial charge < -0.3 is 58.7 Å². The van der Waals surface area contributed by atoms with Crippen LogP contribution in [0.15, 0.2) is 24.3 Å². The summed E-state index contributed by atoms with van der Waals surface area (Å²) in [4.78, 5) is 123. The second-order valence-corrected chi connectivity index (χ2v) is 11.7. The normalized spacial score (nSPS) is 14.1. The molecular formula is C30H42N8O13S. The average molecular weight is 755 g/mol. The second kappa shape index (κ2) is 21.3. The summed E-state index contributed by atoms with van der Waals surface area (Å²) in [6.45, 7) is 2.22. The number of carboxylic acid groups (broad SMARTS) is 2. The van der Waals surface area contributed by atoms with Gasteiger partial charge in [-0.1, -0.05) is 12.1 Å². The summed E-state index contributed by atoms with van der Waals surface area (Å²) < 4.78 is 0. The molecule has 0 bridgehead atoms. The number of aliphatic carboxylic acids is 2. The van der Waals surface area contributed by atoms with Gasteiger partial charge in [0, 0.05) is 25.5 Å². The zero-order chi connectivity index (χ0) is 39.7. The van der Waals surface area contributed by atoms with E-state index in [1.807, 2.05) is 0 Å². The molecule has 0 saturated carbocycles. The number of rotatable bonds is 22. The molecule has 1 rings (SSSR count). The summed E-state index contributed by atoms with van der Waals surface area (Å²) in [5, 5.41) is 41.2. The first-order valence-corrected chi connectivity index (χ1v) is 16.1. The molecule has 1 aromatic carbocycles. The lowest BCUT2D eigenvalue weighted by atomic mass is 10.0. The molecule has 13 N–H and O–H groups in total. The minimum atomic E-state index is -1.82. The van der Waals surface area contributed by atoms with Crippen molar-refractivity contribution in [2.75, 3.05) is 5.75 Å². The Morgan fingerprint density at radius 3 is 1.58 bits per heavy atom. The number of aromatic hydroxyl groups is 1. The van der Waals surface area contributed by atoms with Gasteiger partial charge in [-0.25, -0.2) is 0 Å². The topological polar surface area (TPSA) is 356 Å². The molecule has 286 valence electrons. The Kier molecular flexibility index (Phi) is 18.1. The maximum Gasteiger partial charge on any atom is 0.305 e. The highest BCUT2D eigenvalue weighted by Gasteiger charge is 2.33. The summed E-state index contributed by atoms with van der Waals surface area (Å²) in [5.41, 5.74) is 11.1. The van der Waals surface area contributed by atoms with Gasteiger partial charge in [-0.2, -0.15) is 12.6 Å². The molecule has 0 fully saturated rings. The van der Waals surface area contributed by atoms with Gasteiger partial charge >= 0.3 is 11.9 Å². The molecule has 0 aliphatic carbocycles. The number of carbonyl (C=O) groups excluding carboxylic acids is 8. The van der Waals surface area contributed by atoms with E-state index in [9.17, 15) is 58.2 Å². The summed E-state index contributed by atoms with van der Waals surface area (Å²) in [5.74, 6) is -11.4. The SMILES string of the molecule is CC(=O)N[C@@H](CC(=O)O)C(=O)N[C@@H](CCC(N)=O)C(=O)N[C@@H](CS)C(=O)N[C@@H](CC(=O)O)C(=O)N[C@@H](C)C(=O)N[C@@H](Cc1ccc(O)cc1)C(N)=O. The summed E-state index contributed by atoms with van der Waals surface area (Å²) in [6.07, 6.45) is -2.81. The summed E-state index contributed by atoms with van der Waals surface area (Å²) >= 11 is 4.01. The van der Waals surface area contributed by atoms with Crippen molar-refractivity contribution in [1.29, 1.82) is 0 Å². The molecule has 0 radical (unpaired) electrons. The fourth-order valence-electron chi connectivity index (χ4n) is 4.35. The van der Waals surface area contributed by atoms with E-state index in [2.05, 4.69) is 44.5 Å². The average Bonchev–Trinajstić information content (AvgIpc) is 3.04. The first-order chi connectivity index (χ1) is 24.2. The van der Waals surface area contributed by atoms with E-state index in [-0.39, 0.29) is 12.2 Å². The predicted molar refractivity (Wildman–Crippen MR) is 181 cm³/mol. The minimum Gasteiger partial charge on any atom is -0.508 e. The van der Waals surface area contributed by atoms with Gasteiger partial charge in [0.15, 0.2) is 0 Å². The third-order valence-corrected chi connectivity index (χ3v) is 7.37. The zero-order valence-corrected chi connectivity index (χ0v) is 28.9. The van der Waals surface area contributed by atoms with Gasteiger partial charge in [0.05, 0.1) is 12.8 Å². The standard InChI is InChI=1S/C30H42N8O13S/c1-13(26(47)36-18(25(32)46)9-15-3-5-16(40)6-4-15)33-28(49)20(11-24(44)45)37-30(51)21(12-52)38-27(48)17(7-8-22(31)41)35-29(50)19(10-23(42)43)34-14(2)39/h3-6,13,17-21,40,52H,7-12H2,1-2H3,(H2,31,41)(H2,32,46)(H,33,49)(H,34,39)(H,35,50)(H,36,47)(H,37,51)(H,38,48)(H,42,43)(H,44,45)/t13-,17-,18-,19-,20-,21-/m0/s1. The van der Waals surface area contributed by atoms with Crippen LogP contribution < -0.4 is 43.4 Å². The molecule has 0 aliphatic heterocycles. The van der Waals surface area contributed by atoms with Crippen molar-refractivity contribution >= 4 is 71.8 Å². The van der Waals surface area contributed by atoms with Gasteiger partial charge in [-0.3, -0.25) is 47.9 Å². The number of benzene rings is 1. The van der Waals surface area contributed by atoms with Gasteiger partial charge in [0.1, 0.15) is 42.0 Å². The molecule has 21 nitrogen and oxygen atoms in total. The Hall–Kier alpha value is -5.93. The Morgan fingerprint density at radius 2 is 1.10 bits per heavy atom. The number of nitrogens with two attached hydrogens (primary N) is 2. The van der Waals surface area contributed by atoms with E-state index in [0.717, 1.165) is 6.92 Å². The Balaban J connectivity index is 3.06. The van der Waals surface area contributed by atoms with Crippen LogP contribution in [-0.4, -0.2) is 117 Å². The third-order valence-electron chi connectivity index (χ3n) is 7.00. The number of primary amides is 2. The predicted octanol–water partition coefficient (Wildman–Crippen LogP) is -4.49. The maximum atomic E-state index is 13.2. The summed E-state index contributed by atoms with van der Waals surface area (Å²) in [6, 6.07) is -3.56. The molecule has 22 heteroatoms. The zero-order valence-electron chi connectivity index (χ0n) is 28.0. The smallest absolute Gasteiger partial charge is 0.305 e. The van der Waals surface area contributed by atoms with Crippen molar-refractivity contribution in [3.8, 4) is 5.75 Å². The van der Waals surface area contributed by atoms with Crippen LogP contribution >= 0.6 is 12.6 Å². The molecular weight excluding hydrogens is 712 g/mol. The van der Waals surface area contributed by atoms with E-state index >= 15 is 0 Å². The Bertz CT molecular complexity index is 1510. The van der Waals surface area contributed by atoms with Crippen molar-refractivity contribution in [2.45, 2.75) is 82.2 Å². The number of amides is 8. The Labute approximate surface area is 301 Å². The Morgan fingerprint density at radius 1 is 0.654 bits per heavy atom. The van der Waals surface area contributed by atoms with E-state index < -0.39 is 127 Å². The number of carbonyl (C=O) groups is 10. The first-order valence-electron chi connectivity index (χ1n) is 15.4. The number of hydrogen-bond donors (Lipinski definition) is 12. The van der Waals surface area contributed by atoms with E-state index in [1.165, 1.54) is 31.2 Å². The lowest BCUT2D eigenvalue weighted by Crippen LogP contribution is -2.60. The van der Waals surface area contributed by atoms with E-state index in [4.69, 9.17) is 16.6 Å². The number of phenolic OH excluding ortho intramolecular Hbond substituents is 1. The van der Waals surface area contributed by atoms with Crippen molar-refractivity contribution in [2.24, 2.45) is 11.5 Å². The fourth-order valence-corrected chi connectivity index (χ4v) is 4.60. The van der Waals surface area contributed by atoms with E-state index in [1.54, 1.807) is 0 Å². The number of phenols is 1. The quantitative estimate of drug-likeness (QED) is 0.0498. The highest BCUT2D eigenvalue weighted by atomic mass is 32.1. The molecule has 8 amide bonds. The highest BCUT2D eigenvalue weighted by molar-refractivity contribution is 7.80. The van der Waals surface area contributed by atoms with Gasteiger partial charge in [0.2, 0.25) is 47.3 Å². The summed E-state index contributed by atoms with van der Waals surface area (Å²) in [7, 11) is 0. The fraction of sp³-hybridized carbons (Fsp3) is 0.467. The molecule has 0 saturated heterocycles. The van der Waals surface area contributed by atoms with Crippen LogP contribution in [0.3, 0.4) is 0 Å². The molecule has 6 atom stereocenters. The molecule has 0 aliphatic rings. The van der Waals surface area contributed by atoms with Crippen molar-refractivity contribution in [3.05, 3.63) is 29.8 Å². The maximum absolute atomic E-state index is 13.2. The molecule has 1 aromatic rings. The molecule has 0 heterocycles. The lowest BCUT2D eigenvalue weighted by molar-refractivity contribution is -0.142. The minimum absolute atomic E-state index is 0.0356. The van der Waals surface area contributed by atoms with Gasteiger partial charge in [-0.05, 0) is 31.0 Å². The van der Waals surface area contributed by atoms with Crippen molar-refractivity contribution < 1.29 is 63.3 Å². The lowest BCUT2D eigenvalue weighted by Gasteiger charge is -2.26. The van der Waals surface area contributed by atoms with Crippen LogP contribution in [0.1, 0.15) is 45.1 Å². The first kappa shape index (κ1) is 44.1. The van der Waals surface area contributed by atoms with Crippen molar-refractivity contribution in [1.82, 2.24) is 31.9 Å². The van der Waals surface area contributed by atoms with Crippen LogP contribution in [-0.2, 0) is 54.4 Å². The van der Waals surface area contributed by atoms with Gasteiger partial charge in [-0.15, -0.1) is 0 Å². The van der Waals surface area contributed by atoms with Crippen LogP contribution in [0.4, 0.5) is 0 Å². The number of thiol groups is 1. The van der Waals surface area contributed by atoms with Crippen LogP contribution in [0.25, 0.3) is 0 Å². The van der Waals surface area contributed by atoms with Crippen LogP contribution in [0.5, 0.6) is 5.75 Å². The van der Waals surface area contributed by atoms with Gasteiger partial charge in [0.25, 0.3) is 0 Å².